The summed E-state index contributed by atoms with van der Waals surface area (Å²) in [6.07, 6.45) is 0. The molecule has 1 amide bonds. The zero-order chi connectivity index (χ0) is 18.0. The first-order valence-electron chi connectivity index (χ1n) is 7.72. The Morgan fingerprint density at radius 1 is 1.20 bits per heavy atom. The molecule has 0 bridgehead atoms. The molecule has 3 rings (SSSR count). The third-order valence-corrected chi connectivity index (χ3v) is 4.26. The van der Waals surface area contributed by atoms with E-state index in [1.54, 1.807) is 38.5 Å². The minimum absolute atomic E-state index is 0.277. The van der Waals surface area contributed by atoms with Gasteiger partial charge in [-0.3, -0.25) is 4.79 Å². The van der Waals surface area contributed by atoms with Gasteiger partial charge < -0.3 is 19.2 Å². The minimum Gasteiger partial charge on any atom is -0.493 e. The van der Waals surface area contributed by atoms with Crippen molar-refractivity contribution in [3.05, 3.63) is 58.3 Å². The SMILES string of the molecule is COc1cccc(CNC(=O)c2oc3ccc(Cl)cc3c2C)c1OC. The van der Waals surface area contributed by atoms with Crippen molar-refractivity contribution in [2.24, 2.45) is 0 Å². The second-order valence-electron chi connectivity index (χ2n) is 5.53. The highest BCUT2D eigenvalue weighted by atomic mass is 35.5. The number of rotatable bonds is 5. The van der Waals surface area contributed by atoms with E-state index in [9.17, 15) is 4.79 Å². The topological polar surface area (TPSA) is 60.7 Å². The number of para-hydroxylation sites is 1. The summed E-state index contributed by atoms with van der Waals surface area (Å²) in [6, 6.07) is 10.8. The Bertz CT molecular complexity index is 933. The van der Waals surface area contributed by atoms with Crippen LogP contribution in [0.2, 0.25) is 5.02 Å². The number of halogens is 1. The summed E-state index contributed by atoms with van der Waals surface area (Å²) in [5.74, 6) is 1.19. The second kappa shape index (κ2) is 7.07. The maximum absolute atomic E-state index is 12.5. The summed E-state index contributed by atoms with van der Waals surface area (Å²) < 4.78 is 16.3. The van der Waals surface area contributed by atoms with Crippen molar-refractivity contribution in [1.29, 1.82) is 0 Å². The van der Waals surface area contributed by atoms with Crippen molar-refractivity contribution >= 4 is 28.5 Å². The summed E-state index contributed by atoms with van der Waals surface area (Å²) in [6.45, 7) is 2.12. The smallest absolute Gasteiger partial charge is 0.287 e. The number of hydrogen-bond acceptors (Lipinski definition) is 4. The van der Waals surface area contributed by atoms with Crippen LogP contribution >= 0.6 is 11.6 Å². The third-order valence-electron chi connectivity index (χ3n) is 4.03. The number of aryl methyl sites for hydroxylation is 1. The van der Waals surface area contributed by atoms with E-state index in [0.717, 1.165) is 16.5 Å². The van der Waals surface area contributed by atoms with Gasteiger partial charge in [-0.05, 0) is 31.2 Å². The van der Waals surface area contributed by atoms with Gasteiger partial charge in [-0.2, -0.15) is 0 Å². The second-order valence-corrected chi connectivity index (χ2v) is 5.97. The van der Waals surface area contributed by atoms with Gasteiger partial charge in [-0.25, -0.2) is 0 Å². The summed E-state index contributed by atoms with van der Waals surface area (Å²) in [4.78, 5) is 12.5. The van der Waals surface area contributed by atoms with E-state index in [2.05, 4.69) is 5.32 Å². The molecule has 0 saturated carbocycles. The summed E-state index contributed by atoms with van der Waals surface area (Å²) >= 11 is 6.01. The van der Waals surface area contributed by atoms with Gasteiger partial charge in [0.25, 0.3) is 5.91 Å². The normalized spacial score (nSPS) is 10.7. The molecule has 1 N–H and O–H groups in total. The summed E-state index contributed by atoms with van der Waals surface area (Å²) in [5.41, 5.74) is 2.20. The van der Waals surface area contributed by atoms with Crippen molar-refractivity contribution in [2.75, 3.05) is 14.2 Å². The van der Waals surface area contributed by atoms with Crippen LogP contribution in [0.1, 0.15) is 21.7 Å². The Morgan fingerprint density at radius 3 is 2.72 bits per heavy atom. The predicted octanol–water partition coefficient (Wildman–Crippen LogP) is 4.34. The number of nitrogens with one attached hydrogen (secondary N) is 1. The van der Waals surface area contributed by atoms with Crippen molar-refractivity contribution in [2.45, 2.75) is 13.5 Å². The predicted molar refractivity (Wildman–Crippen MR) is 96.7 cm³/mol. The number of furan rings is 1. The quantitative estimate of drug-likeness (QED) is 0.736. The fraction of sp³-hybridized carbons (Fsp3) is 0.211. The van der Waals surface area contributed by atoms with E-state index >= 15 is 0 Å². The lowest BCUT2D eigenvalue weighted by Gasteiger charge is -2.12. The van der Waals surface area contributed by atoms with Crippen LogP contribution in [0.15, 0.2) is 40.8 Å². The molecular formula is C19H18ClNO4. The molecule has 0 saturated heterocycles. The average molecular weight is 360 g/mol. The number of methoxy groups -OCH3 is 2. The lowest BCUT2D eigenvalue weighted by atomic mass is 10.1. The molecule has 25 heavy (non-hydrogen) atoms. The fourth-order valence-electron chi connectivity index (χ4n) is 2.76. The van der Waals surface area contributed by atoms with Crippen LogP contribution in [0, 0.1) is 6.92 Å². The number of amides is 1. The molecule has 0 aliphatic heterocycles. The van der Waals surface area contributed by atoms with Crippen molar-refractivity contribution in [1.82, 2.24) is 5.32 Å². The molecule has 0 atom stereocenters. The molecule has 0 aliphatic carbocycles. The van der Waals surface area contributed by atoms with E-state index in [-0.39, 0.29) is 18.2 Å². The van der Waals surface area contributed by atoms with Crippen LogP contribution in [0.25, 0.3) is 11.0 Å². The Hall–Kier alpha value is -2.66. The molecule has 3 aromatic rings. The highest BCUT2D eigenvalue weighted by Gasteiger charge is 2.18. The fourth-order valence-corrected chi connectivity index (χ4v) is 2.93. The number of fused-ring (bicyclic) bond motifs is 1. The van der Waals surface area contributed by atoms with Gasteiger partial charge in [0.15, 0.2) is 17.3 Å². The molecule has 0 fully saturated rings. The average Bonchev–Trinajstić information content (AvgIpc) is 2.95. The Kier molecular flexibility index (Phi) is 4.86. The molecule has 130 valence electrons. The summed E-state index contributed by atoms with van der Waals surface area (Å²) in [7, 11) is 3.14. The van der Waals surface area contributed by atoms with Gasteiger partial charge in [0, 0.05) is 28.1 Å². The molecule has 1 heterocycles. The standard InChI is InChI=1S/C19H18ClNO4/c1-11-14-9-13(20)7-8-15(14)25-17(11)19(22)21-10-12-5-4-6-16(23-2)18(12)24-3/h4-9H,10H2,1-3H3,(H,21,22). The number of carbonyl (C=O) groups is 1. The van der Waals surface area contributed by atoms with Crippen LogP contribution in [-0.4, -0.2) is 20.1 Å². The molecule has 0 radical (unpaired) electrons. The molecule has 2 aromatic carbocycles. The molecule has 6 heteroatoms. The first-order valence-corrected chi connectivity index (χ1v) is 8.09. The van der Waals surface area contributed by atoms with Gasteiger partial charge >= 0.3 is 0 Å². The molecule has 1 aromatic heterocycles. The number of ether oxygens (including phenoxy) is 2. The number of benzene rings is 2. The Labute approximate surface area is 150 Å². The highest BCUT2D eigenvalue weighted by molar-refractivity contribution is 6.31. The minimum atomic E-state index is -0.297. The van der Waals surface area contributed by atoms with Crippen molar-refractivity contribution in [3.8, 4) is 11.5 Å². The lowest BCUT2D eigenvalue weighted by molar-refractivity contribution is 0.0924. The van der Waals surface area contributed by atoms with Gasteiger partial charge in [0.2, 0.25) is 0 Å². The number of hydrogen-bond donors (Lipinski definition) is 1. The van der Waals surface area contributed by atoms with Gasteiger partial charge in [-0.1, -0.05) is 23.7 Å². The maximum Gasteiger partial charge on any atom is 0.287 e. The third kappa shape index (κ3) is 3.28. The molecular weight excluding hydrogens is 342 g/mol. The van der Waals surface area contributed by atoms with Gasteiger partial charge in [0.1, 0.15) is 5.58 Å². The molecule has 0 aliphatic rings. The molecule has 5 nitrogen and oxygen atoms in total. The molecule has 0 unspecified atom stereocenters. The van der Waals surface area contributed by atoms with Gasteiger partial charge in [-0.15, -0.1) is 0 Å². The number of carbonyl (C=O) groups excluding carboxylic acids is 1. The highest BCUT2D eigenvalue weighted by Crippen LogP contribution is 2.31. The van der Waals surface area contributed by atoms with Crippen LogP contribution in [-0.2, 0) is 6.54 Å². The Morgan fingerprint density at radius 2 is 2.00 bits per heavy atom. The monoisotopic (exact) mass is 359 g/mol. The van der Waals surface area contributed by atoms with E-state index in [1.807, 2.05) is 19.1 Å². The van der Waals surface area contributed by atoms with Crippen LogP contribution in [0.5, 0.6) is 11.5 Å². The van der Waals surface area contributed by atoms with Crippen LogP contribution in [0.4, 0.5) is 0 Å². The van der Waals surface area contributed by atoms with E-state index in [0.29, 0.717) is 22.1 Å². The zero-order valence-corrected chi connectivity index (χ0v) is 14.9. The lowest BCUT2D eigenvalue weighted by Crippen LogP contribution is -2.23. The van der Waals surface area contributed by atoms with Crippen molar-refractivity contribution in [3.63, 3.8) is 0 Å². The van der Waals surface area contributed by atoms with Crippen molar-refractivity contribution < 1.29 is 18.7 Å². The van der Waals surface area contributed by atoms with E-state index in [1.165, 1.54) is 0 Å². The Balaban J connectivity index is 1.83. The zero-order valence-electron chi connectivity index (χ0n) is 14.2. The molecule has 0 spiro atoms. The first kappa shape index (κ1) is 17.2. The largest absolute Gasteiger partial charge is 0.493 e. The van der Waals surface area contributed by atoms with Crippen LogP contribution in [0.3, 0.4) is 0 Å². The van der Waals surface area contributed by atoms with E-state index < -0.39 is 0 Å². The first-order chi connectivity index (χ1) is 12.0. The maximum atomic E-state index is 12.5. The van der Waals surface area contributed by atoms with Gasteiger partial charge in [0.05, 0.1) is 14.2 Å². The van der Waals surface area contributed by atoms with E-state index in [4.69, 9.17) is 25.5 Å². The summed E-state index contributed by atoms with van der Waals surface area (Å²) in [5, 5.41) is 4.29. The van der Waals surface area contributed by atoms with Crippen LogP contribution < -0.4 is 14.8 Å².